The number of halogens is 2. The fourth-order valence-electron chi connectivity index (χ4n) is 3.78. The van der Waals surface area contributed by atoms with Crippen molar-refractivity contribution in [2.75, 3.05) is 13.1 Å². The lowest BCUT2D eigenvalue weighted by atomic mass is 9.89. The first-order chi connectivity index (χ1) is 11.7. The highest BCUT2D eigenvalue weighted by atomic mass is 35.5. The zero-order chi connectivity index (χ0) is 16.5. The second-order valence-electron chi connectivity index (χ2n) is 6.55. The first-order valence-electron chi connectivity index (χ1n) is 8.43. The molecule has 1 aromatic heterocycles. The molecule has 0 amide bonds. The van der Waals surface area contributed by atoms with Crippen LogP contribution < -0.4 is 0 Å². The lowest BCUT2D eigenvalue weighted by molar-refractivity contribution is 0.205. The molecule has 124 valence electrons. The summed E-state index contributed by atoms with van der Waals surface area (Å²) in [6.07, 6.45) is 4.35. The third-order valence-electron chi connectivity index (χ3n) is 5.06. The molecular formula is C20H20Cl2N2. The van der Waals surface area contributed by atoms with Gasteiger partial charge in [-0.1, -0.05) is 47.5 Å². The Morgan fingerprint density at radius 3 is 2.42 bits per heavy atom. The molecular weight excluding hydrogens is 339 g/mol. The van der Waals surface area contributed by atoms with Crippen LogP contribution in [0.15, 0.2) is 48.7 Å². The van der Waals surface area contributed by atoms with E-state index in [1.807, 2.05) is 18.2 Å². The van der Waals surface area contributed by atoms with Gasteiger partial charge in [-0.05, 0) is 61.2 Å². The number of aromatic amines is 1. The number of fused-ring (bicyclic) bond motifs is 1. The number of likely N-dealkylation sites (tertiary alicyclic amines) is 1. The molecule has 1 aliphatic rings. The molecule has 1 N–H and O–H groups in total. The predicted octanol–water partition coefficient (Wildman–Crippen LogP) is 5.85. The standard InChI is InChI=1S/C20H20Cl2N2/c21-17-5-3-6-18(22)20(17)14-8-10-24(11-9-14)13-15-12-23-19-7-2-1-4-16(15)19/h1-7,12,14,23H,8-11,13H2. The summed E-state index contributed by atoms with van der Waals surface area (Å²) in [5, 5.41) is 2.93. The van der Waals surface area contributed by atoms with Gasteiger partial charge in [-0.25, -0.2) is 0 Å². The van der Waals surface area contributed by atoms with Gasteiger partial charge in [0.05, 0.1) is 0 Å². The molecule has 0 saturated carbocycles. The molecule has 0 unspecified atom stereocenters. The van der Waals surface area contributed by atoms with Crippen LogP contribution in [0, 0.1) is 0 Å². The van der Waals surface area contributed by atoms with Gasteiger partial charge >= 0.3 is 0 Å². The van der Waals surface area contributed by atoms with E-state index >= 15 is 0 Å². The molecule has 0 aliphatic carbocycles. The summed E-state index contributed by atoms with van der Waals surface area (Å²) < 4.78 is 0. The summed E-state index contributed by atoms with van der Waals surface area (Å²) in [6.45, 7) is 3.14. The van der Waals surface area contributed by atoms with Crippen LogP contribution in [-0.4, -0.2) is 23.0 Å². The van der Waals surface area contributed by atoms with Crippen LogP contribution in [0.4, 0.5) is 0 Å². The lowest BCUT2D eigenvalue weighted by Gasteiger charge is -2.32. The smallest absolute Gasteiger partial charge is 0.0457 e. The topological polar surface area (TPSA) is 19.0 Å². The minimum Gasteiger partial charge on any atom is -0.361 e. The van der Waals surface area contributed by atoms with Crippen LogP contribution in [0.5, 0.6) is 0 Å². The van der Waals surface area contributed by atoms with Crippen molar-refractivity contribution in [1.29, 1.82) is 0 Å². The quantitative estimate of drug-likeness (QED) is 0.621. The molecule has 2 heterocycles. The Bertz CT molecular complexity index is 827. The number of benzene rings is 2. The lowest BCUT2D eigenvalue weighted by Crippen LogP contribution is -2.32. The first-order valence-corrected chi connectivity index (χ1v) is 9.19. The Morgan fingerprint density at radius 1 is 0.958 bits per heavy atom. The van der Waals surface area contributed by atoms with E-state index in [1.165, 1.54) is 16.5 Å². The molecule has 0 bridgehead atoms. The Balaban J connectivity index is 1.45. The van der Waals surface area contributed by atoms with Crippen molar-refractivity contribution < 1.29 is 0 Å². The minimum absolute atomic E-state index is 0.463. The fraction of sp³-hybridized carbons (Fsp3) is 0.300. The number of para-hydroxylation sites is 1. The van der Waals surface area contributed by atoms with Gasteiger partial charge in [0.1, 0.15) is 0 Å². The van der Waals surface area contributed by atoms with Gasteiger partial charge in [0.15, 0.2) is 0 Å². The summed E-state index contributed by atoms with van der Waals surface area (Å²) in [6, 6.07) is 14.3. The molecule has 0 radical (unpaired) electrons. The van der Waals surface area contributed by atoms with Gasteiger partial charge in [-0.15, -0.1) is 0 Å². The molecule has 1 saturated heterocycles. The highest BCUT2D eigenvalue weighted by Crippen LogP contribution is 2.37. The summed E-state index contributed by atoms with van der Waals surface area (Å²) in [4.78, 5) is 5.89. The number of piperidine rings is 1. The average molecular weight is 359 g/mol. The van der Waals surface area contributed by atoms with E-state index in [1.54, 1.807) is 0 Å². The minimum atomic E-state index is 0.463. The van der Waals surface area contributed by atoms with E-state index in [4.69, 9.17) is 23.2 Å². The Morgan fingerprint density at radius 2 is 1.67 bits per heavy atom. The molecule has 0 spiro atoms. The van der Waals surface area contributed by atoms with Gasteiger partial charge in [0, 0.05) is 33.7 Å². The van der Waals surface area contributed by atoms with E-state index in [-0.39, 0.29) is 0 Å². The third-order valence-corrected chi connectivity index (χ3v) is 5.72. The molecule has 2 nitrogen and oxygen atoms in total. The maximum Gasteiger partial charge on any atom is 0.0457 e. The van der Waals surface area contributed by atoms with Crippen molar-refractivity contribution in [3.8, 4) is 0 Å². The van der Waals surface area contributed by atoms with Gasteiger partial charge in [0.2, 0.25) is 0 Å². The molecule has 3 aromatic rings. The van der Waals surface area contributed by atoms with Gasteiger partial charge < -0.3 is 4.98 Å². The zero-order valence-corrected chi connectivity index (χ0v) is 14.9. The van der Waals surface area contributed by atoms with E-state index in [0.29, 0.717) is 5.92 Å². The second-order valence-corrected chi connectivity index (χ2v) is 7.36. The maximum absolute atomic E-state index is 6.38. The molecule has 4 rings (SSSR count). The Kier molecular flexibility index (Phi) is 4.53. The molecule has 0 atom stereocenters. The van der Waals surface area contributed by atoms with Gasteiger partial charge in [0.25, 0.3) is 0 Å². The number of hydrogen-bond donors (Lipinski definition) is 1. The molecule has 2 aromatic carbocycles. The van der Waals surface area contributed by atoms with Crippen LogP contribution >= 0.6 is 23.2 Å². The van der Waals surface area contributed by atoms with Crippen molar-refractivity contribution in [1.82, 2.24) is 9.88 Å². The zero-order valence-electron chi connectivity index (χ0n) is 13.4. The molecule has 1 aliphatic heterocycles. The van der Waals surface area contributed by atoms with Crippen LogP contribution in [0.25, 0.3) is 10.9 Å². The number of rotatable bonds is 3. The largest absolute Gasteiger partial charge is 0.361 e. The van der Waals surface area contributed by atoms with E-state index in [9.17, 15) is 0 Å². The van der Waals surface area contributed by atoms with Crippen LogP contribution in [0.1, 0.15) is 29.9 Å². The first kappa shape index (κ1) is 16.0. The summed E-state index contributed by atoms with van der Waals surface area (Å²) in [5.41, 5.74) is 3.72. The molecule has 1 fully saturated rings. The summed E-state index contributed by atoms with van der Waals surface area (Å²) >= 11 is 12.8. The van der Waals surface area contributed by atoms with Crippen molar-refractivity contribution >= 4 is 34.1 Å². The third kappa shape index (κ3) is 3.06. The Hall–Kier alpha value is -1.48. The number of hydrogen-bond acceptors (Lipinski definition) is 1. The van der Waals surface area contributed by atoms with Crippen molar-refractivity contribution in [2.24, 2.45) is 0 Å². The maximum atomic E-state index is 6.38. The van der Waals surface area contributed by atoms with E-state index in [2.05, 4.69) is 40.3 Å². The summed E-state index contributed by atoms with van der Waals surface area (Å²) in [7, 11) is 0. The fourth-order valence-corrected chi connectivity index (χ4v) is 4.49. The number of nitrogens with one attached hydrogen (secondary N) is 1. The highest BCUT2D eigenvalue weighted by molar-refractivity contribution is 6.36. The average Bonchev–Trinajstić information content (AvgIpc) is 2.99. The van der Waals surface area contributed by atoms with Crippen molar-refractivity contribution in [3.05, 3.63) is 69.8 Å². The number of nitrogens with zero attached hydrogens (tertiary/aromatic N) is 1. The van der Waals surface area contributed by atoms with Gasteiger partial charge in [-0.3, -0.25) is 4.90 Å². The predicted molar refractivity (Wildman–Crippen MR) is 102 cm³/mol. The van der Waals surface area contributed by atoms with Crippen LogP contribution in [0.3, 0.4) is 0 Å². The van der Waals surface area contributed by atoms with Crippen molar-refractivity contribution in [2.45, 2.75) is 25.3 Å². The summed E-state index contributed by atoms with van der Waals surface area (Å²) in [5.74, 6) is 0.463. The van der Waals surface area contributed by atoms with E-state index in [0.717, 1.165) is 48.1 Å². The monoisotopic (exact) mass is 358 g/mol. The van der Waals surface area contributed by atoms with Crippen molar-refractivity contribution in [3.63, 3.8) is 0 Å². The van der Waals surface area contributed by atoms with Crippen LogP contribution in [-0.2, 0) is 6.54 Å². The number of H-pyrrole nitrogens is 1. The number of aromatic nitrogens is 1. The Labute approximate surface area is 152 Å². The highest BCUT2D eigenvalue weighted by Gasteiger charge is 2.24. The van der Waals surface area contributed by atoms with E-state index < -0.39 is 0 Å². The second kappa shape index (κ2) is 6.79. The molecule has 4 heteroatoms. The van der Waals surface area contributed by atoms with Crippen LogP contribution in [0.2, 0.25) is 10.0 Å². The normalized spacial score (nSPS) is 16.8. The van der Waals surface area contributed by atoms with Gasteiger partial charge in [-0.2, -0.15) is 0 Å². The SMILES string of the molecule is Clc1cccc(Cl)c1C1CCN(Cc2c[nH]c3ccccc23)CC1. The molecule has 24 heavy (non-hydrogen) atoms.